The van der Waals surface area contributed by atoms with Gasteiger partial charge in [0, 0.05) is 43.8 Å². The van der Waals surface area contributed by atoms with Crippen LogP contribution >= 0.6 is 0 Å². The summed E-state index contributed by atoms with van der Waals surface area (Å²) in [5.41, 5.74) is 2.84. The first kappa shape index (κ1) is 14.9. The van der Waals surface area contributed by atoms with Crippen LogP contribution in [0.2, 0.25) is 0 Å². The first-order chi connectivity index (χ1) is 11.4. The van der Waals surface area contributed by atoms with Gasteiger partial charge in [-0.3, -0.25) is 0 Å². The molecular formula is C16H22N4O3. The summed E-state index contributed by atoms with van der Waals surface area (Å²) in [6, 6.07) is 2.46. The third-order valence-corrected chi connectivity index (χ3v) is 4.57. The molecule has 0 spiro atoms. The minimum atomic E-state index is 0.401. The van der Waals surface area contributed by atoms with Gasteiger partial charge in [-0.05, 0) is 18.9 Å². The number of hydrogen-bond donors (Lipinski definition) is 1. The summed E-state index contributed by atoms with van der Waals surface area (Å²) in [5.74, 6) is 0.401. The fourth-order valence-electron chi connectivity index (χ4n) is 3.22. The Bertz CT molecular complexity index is 619. The molecule has 4 heterocycles. The average Bonchev–Trinajstić information content (AvgIpc) is 3.20. The van der Waals surface area contributed by atoms with Crippen LogP contribution in [0.4, 0.5) is 0 Å². The Morgan fingerprint density at radius 2 is 2.17 bits per heavy atom. The van der Waals surface area contributed by atoms with Crippen LogP contribution in [0, 0.1) is 5.92 Å². The topological polar surface area (TPSA) is 74.3 Å². The predicted molar refractivity (Wildman–Crippen MR) is 82.7 cm³/mol. The molecule has 0 unspecified atom stereocenters. The quantitative estimate of drug-likeness (QED) is 0.920. The standard InChI is InChI=1S/C16H22N4O3/c1-4-22-10-13(1)16-15-11-23-9-12(8-20(15)19-18-16)7-17-14-2-5-21-6-3-14/h1,4,10,12,14,17H,2-3,5-9,11H2/t12-/m0/s1. The highest BCUT2D eigenvalue weighted by Crippen LogP contribution is 2.24. The van der Waals surface area contributed by atoms with E-state index < -0.39 is 0 Å². The van der Waals surface area contributed by atoms with E-state index in [4.69, 9.17) is 13.9 Å². The molecule has 0 aromatic carbocycles. The molecule has 2 aliphatic heterocycles. The van der Waals surface area contributed by atoms with Crippen molar-refractivity contribution < 1.29 is 13.9 Å². The van der Waals surface area contributed by atoms with Crippen LogP contribution in [0.1, 0.15) is 18.5 Å². The maximum absolute atomic E-state index is 5.87. The molecule has 0 bridgehead atoms. The zero-order valence-corrected chi connectivity index (χ0v) is 13.1. The molecule has 7 nitrogen and oxygen atoms in total. The fraction of sp³-hybridized carbons (Fsp3) is 0.625. The van der Waals surface area contributed by atoms with E-state index >= 15 is 0 Å². The summed E-state index contributed by atoms with van der Waals surface area (Å²) in [5, 5.41) is 12.3. The molecule has 2 aliphatic rings. The van der Waals surface area contributed by atoms with Crippen molar-refractivity contribution in [3.8, 4) is 11.3 Å². The largest absolute Gasteiger partial charge is 0.472 e. The van der Waals surface area contributed by atoms with Gasteiger partial charge in [-0.2, -0.15) is 0 Å². The first-order valence-electron chi connectivity index (χ1n) is 8.24. The lowest BCUT2D eigenvalue weighted by atomic mass is 10.1. The van der Waals surface area contributed by atoms with Crippen molar-refractivity contribution in [2.45, 2.75) is 32.0 Å². The predicted octanol–water partition coefficient (Wildman–Crippen LogP) is 1.45. The van der Waals surface area contributed by atoms with Gasteiger partial charge in [0.1, 0.15) is 5.69 Å². The zero-order chi connectivity index (χ0) is 15.5. The van der Waals surface area contributed by atoms with Crippen molar-refractivity contribution in [2.24, 2.45) is 5.92 Å². The van der Waals surface area contributed by atoms with Gasteiger partial charge in [0.15, 0.2) is 0 Å². The van der Waals surface area contributed by atoms with Gasteiger partial charge in [-0.15, -0.1) is 5.10 Å². The lowest BCUT2D eigenvalue weighted by molar-refractivity contribution is 0.0694. The Hall–Kier alpha value is -1.70. The normalized spacial score (nSPS) is 22.7. The highest BCUT2D eigenvalue weighted by Gasteiger charge is 2.23. The summed E-state index contributed by atoms with van der Waals surface area (Å²) in [7, 11) is 0. The minimum absolute atomic E-state index is 0.401. The Balaban J connectivity index is 1.41. The maximum Gasteiger partial charge on any atom is 0.121 e. The van der Waals surface area contributed by atoms with Gasteiger partial charge in [-0.1, -0.05) is 5.21 Å². The van der Waals surface area contributed by atoms with Gasteiger partial charge >= 0.3 is 0 Å². The average molecular weight is 318 g/mol. The summed E-state index contributed by atoms with van der Waals surface area (Å²) >= 11 is 0. The summed E-state index contributed by atoms with van der Waals surface area (Å²) in [6.45, 7) is 4.77. The van der Waals surface area contributed by atoms with E-state index in [-0.39, 0.29) is 0 Å². The number of rotatable bonds is 4. The second-order valence-electron chi connectivity index (χ2n) is 6.25. The van der Waals surface area contributed by atoms with E-state index in [1.807, 2.05) is 10.7 Å². The molecule has 4 rings (SSSR count). The minimum Gasteiger partial charge on any atom is -0.472 e. The van der Waals surface area contributed by atoms with Crippen molar-refractivity contribution in [1.29, 1.82) is 0 Å². The number of hydrogen-bond acceptors (Lipinski definition) is 6. The molecule has 2 aromatic heterocycles. The zero-order valence-electron chi connectivity index (χ0n) is 13.1. The van der Waals surface area contributed by atoms with Crippen LogP contribution in [0.5, 0.6) is 0 Å². The van der Waals surface area contributed by atoms with Crippen molar-refractivity contribution in [3.63, 3.8) is 0 Å². The highest BCUT2D eigenvalue weighted by molar-refractivity contribution is 5.59. The number of aromatic nitrogens is 3. The van der Waals surface area contributed by atoms with Crippen molar-refractivity contribution in [1.82, 2.24) is 20.3 Å². The van der Waals surface area contributed by atoms with E-state index in [0.29, 0.717) is 18.6 Å². The molecule has 1 atom stereocenters. The number of fused-ring (bicyclic) bond motifs is 1. The van der Waals surface area contributed by atoms with Crippen molar-refractivity contribution in [2.75, 3.05) is 26.4 Å². The molecule has 0 aliphatic carbocycles. The summed E-state index contributed by atoms with van der Waals surface area (Å²) in [6.07, 6.45) is 5.53. The Labute approximate surface area is 134 Å². The Morgan fingerprint density at radius 3 is 3.00 bits per heavy atom. The summed E-state index contributed by atoms with van der Waals surface area (Å²) < 4.78 is 18.4. The van der Waals surface area contributed by atoms with E-state index in [2.05, 4.69) is 15.6 Å². The number of nitrogens with one attached hydrogen (secondary N) is 1. The maximum atomic E-state index is 5.87. The fourth-order valence-corrected chi connectivity index (χ4v) is 3.22. The molecule has 1 fully saturated rings. The third kappa shape index (κ3) is 3.31. The van der Waals surface area contributed by atoms with Gasteiger partial charge in [0.05, 0.1) is 31.4 Å². The Morgan fingerprint density at radius 1 is 1.26 bits per heavy atom. The van der Waals surface area contributed by atoms with E-state index in [0.717, 1.165) is 62.7 Å². The van der Waals surface area contributed by atoms with Crippen molar-refractivity contribution >= 4 is 0 Å². The molecule has 23 heavy (non-hydrogen) atoms. The Kier molecular flexibility index (Phi) is 4.41. The van der Waals surface area contributed by atoms with Gasteiger partial charge in [-0.25, -0.2) is 4.68 Å². The first-order valence-corrected chi connectivity index (χ1v) is 8.24. The van der Waals surface area contributed by atoms with E-state index in [1.165, 1.54) is 0 Å². The highest BCUT2D eigenvalue weighted by atomic mass is 16.5. The molecule has 7 heteroatoms. The van der Waals surface area contributed by atoms with Crippen LogP contribution in [-0.2, 0) is 22.6 Å². The lowest BCUT2D eigenvalue weighted by Gasteiger charge is -2.25. The SMILES string of the molecule is c1cc(-c2nnn3c2COC[C@@H](CNC2CCOCC2)C3)co1. The lowest BCUT2D eigenvalue weighted by Crippen LogP contribution is -2.39. The van der Waals surface area contributed by atoms with Gasteiger partial charge in [0.25, 0.3) is 0 Å². The monoisotopic (exact) mass is 318 g/mol. The smallest absolute Gasteiger partial charge is 0.121 e. The molecule has 0 amide bonds. The molecule has 124 valence electrons. The van der Waals surface area contributed by atoms with Gasteiger partial charge in [0.2, 0.25) is 0 Å². The van der Waals surface area contributed by atoms with E-state index in [9.17, 15) is 0 Å². The van der Waals surface area contributed by atoms with Crippen LogP contribution in [0.3, 0.4) is 0 Å². The molecular weight excluding hydrogens is 296 g/mol. The van der Waals surface area contributed by atoms with Crippen LogP contribution in [0.25, 0.3) is 11.3 Å². The second kappa shape index (κ2) is 6.82. The number of nitrogens with zero attached hydrogens (tertiary/aromatic N) is 3. The van der Waals surface area contributed by atoms with E-state index in [1.54, 1.807) is 12.5 Å². The number of furan rings is 1. The van der Waals surface area contributed by atoms with Gasteiger partial charge < -0.3 is 19.2 Å². The molecule has 0 saturated carbocycles. The molecule has 1 saturated heterocycles. The molecule has 0 radical (unpaired) electrons. The van der Waals surface area contributed by atoms with Crippen molar-refractivity contribution in [3.05, 3.63) is 24.3 Å². The summed E-state index contributed by atoms with van der Waals surface area (Å²) in [4.78, 5) is 0. The second-order valence-corrected chi connectivity index (χ2v) is 6.25. The van der Waals surface area contributed by atoms with Crippen LogP contribution < -0.4 is 5.32 Å². The molecule has 2 aromatic rings. The molecule has 1 N–H and O–H groups in total. The van der Waals surface area contributed by atoms with Crippen LogP contribution in [0.15, 0.2) is 23.0 Å². The van der Waals surface area contributed by atoms with Crippen LogP contribution in [-0.4, -0.2) is 47.4 Å². The third-order valence-electron chi connectivity index (χ3n) is 4.57. The number of ether oxygens (including phenoxy) is 2.